The predicted octanol–water partition coefficient (Wildman–Crippen LogP) is 22.6. The third-order valence-electron chi connectivity index (χ3n) is 16.2. The van der Waals surface area contributed by atoms with E-state index in [1.165, 1.54) is 83.5 Å². The molecule has 17 nitrogen and oxygen atoms in total. The first-order valence-electron chi connectivity index (χ1n) is 39.1. The Balaban J connectivity index is 5.43. The molecule has 0 saturated heterocycles. The van der Waals surface area contributed by atoms with Crippen LogP contribution < -0.4 is 0 Å². The van der Waals surface area contributed by atoms with Gasteiger partial charge in [0.25, 0.3) is 0 Å². The van der Waals surface area contributed by atoms with E-state index in [0.717, 1.165) is 154 Å². The van der Waals surface area contributed by atoms with Gasteiger partial charge in [-0.3, -0.25) is 37.3 Å². The summed E-state index contributed by atoms with van der Waals surface area (Å²) in [5.74, 6) is -2.27. The summed E-state index contributed by atoms with van der Waals surface area (Å²) in [7, 11) is -9.98. The number of hydrogen-bond donors (Lipinski definition) is 3. The molecule has 19 heteroatoms. The second-order valence-electron chi connectivity index (χ2n) is 25.9. The molecule has 0 amide bonds. The highest BCUT2D eigenvalue weighted by molar-refractivity contribution is 7.47. The van der Waals surface area contributed by atoms with Crippen molar-refractivity contribution < 1.29 is 80.2 Å². The molecule has 0 aliphatic carbocycles. The largest absolute Gasteiger partial charge is 0.472 e. The van der Waals surface area contributed by atoms with Gasteiger partial charge in [0.1, 0.15) is 19.3 Å². The molecule has 576 valence electrons. The number of aliphatic hydroxyl groups is 1. The van der Waals surface area contributed by atoms with Crippen LogP contribution in [0.3, 0.4) is 0 Å². The highest BCUT2D eigenvalue weighted by Gasteiger charge is 2.30. The molecule has 100 heavy (non-hydrogen) atoms. The minimum absolute atomic E-state index is 0.0659. The van der Waals surface area contributed by atoms with E-state index < -0.39 is 97.5 Å². The first kappa shape index (κ1) is 95.7. The number of phosphoric acid groups is 2. The number of rotatable bonds is 73. The molecule has 0 saturated carbocycles. The average molecular weight is 1450 g/mol. The molecule has 0 aliphatic rings. The van der Waals surface area contributed by atoms with Crippen molar-refractivity contribution in [2.24, 2.45) is 0 Å². The predicted molar refractivity (Wildman–Crippen MR) is 408 cm³/mol. The van der Waals surface area contributed by atoms with Gasteiger partial charge in [0, 0.05) is 25.7 Å². The Morgan fingerprint density at radius 3 is 0.820 bits per heavy atom. The Morgan fingerprint density at radius 1 is 0.280 bits per heavy atom. The summed E-state index contributed by atoms with van der Waals surface area (Å²) >= 11 is 0. The van der Waals surface area contributed by atoms with Gasteiger partial charge in [-0.15, -0.1) is 0 Å². The van der Waals surface area contributed by atoms with E-state index in [-0.39, 0.29) is 25.7 Å². The van der Waals surface area contributed by atoms with Crippen LogP contribution in [0.4, 0.5) is 0 Å². The standard InChI is InChI=1S/C81H140O17P2/c1-5-9-13-17-21-25-29-33-36-37-40-42-46-50-54-58-62-66-79(84)92-72-77(98-81(86)68-64-60-56-52-48-44-39-35-31-27-23-19-15-11-7-3)74-96-100(89,90)94-70-75(82)69-93-99(87,88)95-73-76(71-91-78(83)65-61-57-53-49-45-41-32-28-24-20-16-12-8-4)97-80(85)67-63-59-55-51-47-43-38-34-30-26-22-18-14-10-6-2/h21-23,25-28,32-36,38-40,42,50,54,75-77,82H,5-20,24,29-31,37,41,43-49,51-53,55-74H2,1-4H3,(H,87,88)(H,89,90)/b25-21-,26-22-,27-23-,32-28-,36-33-,38-34-,39-35-,42-40-,54-50-/t75-,76-,77-/m1/s1. The van der Waals surface area contributed by atoms with Gasteiger partial charge < -0.3 is 33.8 Å². The van der Waals surface area contributed by atoms with E-state index in [9.17, 15) is 43.2 Å². The van der Waals surface area contributed by atoms with Crippen LogP contribution in [0.1, 0.15) is 323 Å². The van der Waals surface area contributed by atoms with Crippen LogP contribution >= 0.6 is 15.6 Å². The quantitative estimate of drug-likeness (QED) is 0.0169. The lowest BCUT2D eigenvalue weighted by atomic mass is 10.1. The van der Waals surface area contributed by atoms with Crippen LogP contribution in [-0.2, 0) is 65.4 Å². The Bertz CT molecular complexity index is 2320. The highest BCUT2D eigenvalue weighted by atomic mass is 31.2. The van der Waals surface area contributed by atoms with Gasteiger partial charge in [0.2, 0.25) is 0 Å². The monoisotopic (exact) mass is 1450 g/mol. The molecule has 0 radical (unpaired) electrons. The minimum Gasteiger partial charge on any atom is -0.462 e. The summed E-state index contributed by atoms with van der Waals surface area (Å²) in [5.41, 5.74) is 0. The molecular weight excluding hydrogens is 1310 g/mol. The Kier molecular flexibility index (Phi) is 69.9. The summed E-state index contributed by atoms with van der Waals surface area (Å²) in [4.78, 5) is 72.9. The maximum atomic E-state index is 13.1. The Labute approximate surface area is 607 Å². The number of aliphatic hydroxyl groups excluding tert-OH is 1. The maximum absolute atomic E-state index is 13.1. The lowest BCUT2D eigenvalue weighted by molar-refractivity contribution is -0.161. The topological polar surface area (TPSA) is 237 Å². The third-order valence-corrected chi connectivity index (χ3v) is 18.1. The van der Waals surface area contributed by atoms with Crippen molar-refractivity contribution in [2.75, 3.05) is 39.6 Å². The molecule has 0 bridgehead atoms. The molecule has 0 fully saturated rings. The van der Waals surface area contributed by atoms with Crippen molar-refractivity contribution in [1.29, 1.82) is 0 Å². The average Bonchev–Trinajstić information content (AvgIpc) is 0.945. The molecule has 0 aromatic carbocycles. The van der Waals surface area contributed by atoms with Crippen molar-refractivity contribution >= 4 is 39.5 Å². The summed E-state index contributed by atoms with van der Waals surface area (Å²) < 4.78 is 68.4. The van der Waals surface area contributed by atoms with E-state index in [2.05, 4.69) is 125 Å². The lowest BCUT2D eigenvalue weighted by Crippen LogP contribution is -2.30. The zero-order valence-electron chi connectivity index (χ0n) is 62.8. The Morgan fingerprint density at radius 2 is 0.500 bits per heavy atom. The van der Waals surface area contributed by atoms with Gasteiger partial charge in [-0.1, -0.05) is 253 Å². The van der Waals surface area contributed by atoms with E-state index in [4.69, 9.17) is 37.0 Å². The third kappa shape index (κ3) is 72.1. The summed E-state index contributed by atoms with van der Waals surface area (Å²) in [5, 5.41) is 10.6. The maximum Gasteiger partial charge on any atom is 0.472 e. The van der Waals surface area contributed by atoms with Crippen LogP contribution in [0.2, 0.25) is 0 Å². The summed E-state index contributed by atoms with van der Waals surface area (Å²) in [6.45, 7) is 4.69. The molecule has 0 aliphatic heterocycles. The summed E-state index contributed by atoms with van der Waals surface area (Å²) in [6, 6.07) is 0. The van der Waals surface area contributed by atoms with Crippen molar-refractivity contribution in [3.63, 3.8) is 0 Å². The normalized spacial score (nSPS) is 14.5. The minimum atomic E-state index is -4.99. The number of esters is 4. The van der Waals surface area contributed by atoms with E-state index in [1.54, 1.807) is 0 Å². The van der Waals surface area contributed by atoms with Crippen molar-refractivity contribution in [3.05, 3.63) is 109 Å². The first-order valence-corrected chi connectivity index (χ1v) is 42.1. The molecule has 2 unspecified atom stereocenters. The van der Waals surface area contributed by atoms with Crippen LogP contribution in [0.5, 0.6) is 0 Å². The number of carbonyl (C=O) groups is 4. The second-order valence-corrected chi connectivity index (χ2v) is 28.8. The molecule has 0 aromatic rings. The van der Waals surface area contributed by atoms with Crippen molar-refractivity contribution in [3.8, 4) is 0 Å². The highest BCUT2D eigenvalue weighted by Crippen LogP contribution is 2.45. The van der Waals surface area contributed by atoms with Crippen LogP contribution in [-0.4, -0.2) is 96.7 Å². The molecule has 0 rings (SSSR count). The number of unbranched alkanes of at least 4 members (excludes halogenated alkanes) is 29. The van der Waals surface area contributed by atoms with Crippen LogP contribution in [0.15, 0.2) is 109 Å². The van der Waals surface area contributed by atoms with Gasteiger partial charge in [-0.2, -0.15) is 0 Å². The summed E-state index contributed by atoms with van der Waals surface area (Å²) in [6.07, 6.45) is 77.9. The zero-order valence-corrected chi connectivity index (χ0v) is 64.6. The Hall–Kier alpha value is -4.28. The number of phosphoric ester groups is 2. The van der Waals surface area contributed by atoms with Gasteiger partial charge in [-0.25, -0.2) is 9.13 Å². The first-order chi connectivity index (χ1) is 48.7. The molecule has 5 atom stereocenters. The number of hydrogen-bond acceptors (Lipinski definition) is 15. The number of carbonyl (C=O) groups excluding carboxylic acids is 4. The van der Waals surface area contributed by atoms with Crippen LogP contribution in [0.25, 0.3) is 0 Å². The van der Waals surface area contributed by atoms with E-state index >= 15 is 0 Å². The van der Waals surface area contributed by atoms with E-state index in [1.807, 2.05) is 12.2 Å². The molecule has 0 aromatic heterocycles. The van der Waals surface area contributed by atoms with Crippen molar-refractivity contribution in [1.82, 2.24) is 0 Å². The van der Waals surface area contributed by atoms with E-state index in [0.29, 0.717) is 32.1 Å². The zero-order chi connectivity index (χ0) is 73.2. The fourth-order valence-electron chi connectivity index (χ4n) is 10.1. The fourth-order valence-corrected chi connectivity index (χ4v) is 11.7. The molecule has 0 spiro atoms. The van der Waals surface area contributed by atoms with Gasteiger partial charge in [-0.05, 0) is 154 Å². The number of allylic oxidation sites excluding steroid dienone is 18. The van der Waals surface area contributed by atoms with Gasteiger partial charge in [0.15, 0.2) is 12.2 Å². The molecular formula is C81H140O17P2. The SMILES string of the molecule is CCCCC/C=C\C/C=C\C/C=C\C/C=C\CCCC(=O)OC[C@H](COP(=O)(O)OC[C@H](O)COP(=O)(O)OC[C@@H](COC(=O)CCCCCCC/C=C\CCCCCC)OC(=O)CCCCCCC/C=C\C/C=C\CCCCC)OC(=O)CCCCCCC/C=C\C/C=C\CCCCC. The van der Waals surface area contributed by atoms with Crippen LogP contribution in [0, 0.1) is 0 Å². The molecule has 0 heterocycles. The lowest BCUT2D eigenvalue weighted by Gasteiger charge is -2.21. The molecule has 3 N–H and O–H groups in total. The fraction of sp³-hybridized carbons (Fsp3) is 0.728. The second kappa shape index (κ2) is 73.0. The van der Waals surface area contributed by atoms with Gasteiger partial charge >= 0.3 is 39.5 Å². The smallest absolute Gasteiger partial charge is 0.462 e. The van der Waals surface area contributed by atoms with Crippen molar-refractivity contribution in [2.45, 2.75) is 341 Å². The van der Waals surface area contributed by atoms with Gasteiger partial charge in [0.05, 0.1) is 26.4 Å². The number of ether oxygens (including phenoxy) is 4.